The molecule has 4 nitrogen and oxygen atoms in total. The summed E-state index contributed by atoms with van der Waals surface area (Å²) in [6.07, 6.45) is 3.75. The van der Waals surface area contributed by atoms with Gasteiger partial charge in [-0.25, -0.2) is 0 Å². The highest BCUT2D eigenvalue weighted by molar-refractivity contribution is 14.0. The number of nitrogens with zero attached hydrogens (tertiary/aromatic N) is 3. The summed E-state index contributed by atoms with van der Waals surface area (Å²) in [5.41, 5.74) is 1.45. The molecule has 2 saturated heterocycles. The zero-order valence-electron chi connectivity index (χ0n) is 14.9. The predicted molar refractivity (Wildman–Crippen MR) is 112 cm³/mol. The number of nitrogens with one attached hydrogen (secondary N) is 1. The van der Waals surface area contributed by atoms with Gasteiger partial charge in [-0.15, -0.1) is 24.0 Å². The van der Waals surface area contributed by atoms with Gasteiger partial charge >= 0.3 is 0 Å². The van der Waals surface area contributed by atoms with Gasteiger partial charge in [0.2, 0.25) is 0 Å². The molecule has 0 bridgehead atoms. The number of aliphatic imine (C=N–C) groups is 1. The zero-order valence-corrected chi connectivity index (χ0v) is 17.3. The summed E-state index contributed by atoms with van der Waals surface area (Å²) in [6.45, 7) is 5.74. The average molecular weight is 442 g/mol. The Morgan fingerprint density at radius 2 is 1.88 bits per heavy atom. The molecule has 2 unspecified atom stereocenters. The molecule has 5 heteroatoms. The van der Waals surface area contributed by atoms with Crippen molar-refractivity contribution in [1.82, 2.24) is 15.1 Å². The molecular formula is C19H31IN4. The van der Waals surface area contributed by atoms with E-state index in [2.05, 4.69) is 57.5 Å². The number of halogens is 1. The highest BCUT2D eigenvalue weighted by atomic mass is 127. The second-order valence-corrected chi connectivity index (χ2v) is 7.14. The van der Waals surface area contributed by atoms with Crippen molar-refractivity contribution in [2.45, 2.75) is 19.3 Å². The molecule has 0 aliphatic carbocycles. The Hall–Kier alpha value is -0.820. The van der Waals surface area contributed by atoms with Crippen molar-refractivity contribution >= 4 is 29.9 Å². The maximum Gasteiger partial charge on any atom is 0.193 e. The van der Waals surface area contributed by atoms with Crippen LogP contribution in [0.4, 0.5) is 0 Å². The molecule has 134 valence electrons. The largest absolute Gasteiger partial charge is 0.356 e. The molecule has 2 aliphatic rings. The Morgan fingerprint density at radius 3 is 2.54 bits per heavy atom. The molecule has 2 fully saturated rings. The predicted octanol–water partition coefficient (Wildman–Crippen LogP) is 2.70. The lowest BCUT2D eigenvalue weighted by Crippen LogP contribution is -2.42. The van der Waals surface area contributed by atoms with Crippen molar-refractivity contribution in [1.29, 1.82) is 0 Å². The van der Waals surface area contributed by atoms with Crippen molar-refractivity contribution in [2.75, 3.05) is 46.8 Å². The number of benzene rings is 1. The van der Waals surface area contributed by atoms with Crippen LogP contribution in [0.15, 0.2) is 35.3 Å². The molecule has 2 heterocycles. The van der Waals surface area contributed by atoms with E-state index < -0.39 is 0 Å². The lowest BCUT2D eigenvalue weighted by Gasteiger charge is -2.23. The first-order valence-electron chi connectivity index (χ1n) is 8.92. The van der Waals surface area contributed by atoms with Gasteiger partial charge in [0.15, 0.2) is 5.96 Å². The summed E-state index contributed by atoms with van der Waals surface area (Å²) < 4.78 is 0. The number of likely N-dealkylation sites (tertiary alicyclic amines) is 2. The molecule has 2 atom stereocenters. The van der Waals surface area contributed by atoms with Gasteiger partial charge in [0.05, 0.1) is 0 Å². The Bertz CT molecular complexity index is 519. The van der Waals surface area contributed by atoms with Crippen molar-refractivity contribution in [3.8, 4) is 0 Å². The minimum Gasteiger partial charge on any atom is -0.356 e. The van der Waals surface area contributed by atoms with Gasteiger partial charge in [0.1, 0.15) is 0 Å². The zero-order chi connectivity index (χ0) is 16.1. The summed E-state index contributed by atoms with van der Waals surface area (Å²) in [6, 6.07) is 10.9. The van der Waals surface area contributed by atoms with Crippen LogP contribution in [0.5, 0.6) is 0 Å². The summed E-state index contributed by atoms with van der Waals surface area (Å²) in [5, 5.41) is 3.61. The van der Waals surface area contributed by atoms with E-state index in [1.165, 1.54) is 37.9 Å². The maximum atomic E-state index is 4.51. The molecule has 0 amide bonds. The number of hydrogen-bond donors (Lipinski definition) is 1. The van der Waals surface area contributed by atoms with Gasteiger partial charge in [0.25, 0.3) is 0 Å². The van der Waals surface area contributed by atoms with Gasteiger partial charge in [-0.2, -0.15) is 0 Å². The summed E-state index contributed by atoms with van der Waals surface area (Å²) >= 11 is 0. The SMILES string of the molecule is CN=C(NCC1CCN(C)C1)N1CCC(Cc2ccccc2)C1.I. The molecule has 1 N–H and O–H groups in total. The summed E-state index contributed by atoms with van der Waals surface area (Å²) in [4.78, 5) is 9.36. The molecule has 1 aromatic rings. The van der Waals surface area contributed by atoms with Crippen LogP contribution in [0.3, 0.4) is 0 Å². The van der Waals surface area contributed by atoms with Gasteiger partial charge in [-0.05, 0) is 50.3 Å². The van der Waals surface area contributed by atoms with Gasteiger partial charge in [0, 0.05) is 33.2 Å². The fraction of sp³-hybridized carbons (Fsp3) is 0.632. The number of hydrogen-bond acceptors (Lipinski definition) is 2. The van der Waals surface area contributed by atoms with Crippen LogP contribution in [0.2, 0.25) is 0 Å². The highest BCUT2D eigenvalue weighted by Crippen LogP contribution is 2.21. The van der Waals surface area contributed by atoms with E-state index in [1.54, 1.807) is 0 Å². The fourth-order valence-electron chi connectivity index (χ4n) is 3.90. The van der Waals surface area contributed by atoms with E-state index in [0.29, 0.717) is 0 Å². The highest BCUT2D eigenvalue weighted by Gasteiger charge is 2.26. The third-order valence-electron chi connectivity index (χ3n) is 5.20. The lowest BCUT2D eigenvalue weighted by molar-refractivity contribution is 0.390. The van der Waals surface area contributed by atoms with E-state index in [-0.39, 0.29) is 24.0 Å². The first-order valence-corrected chi connectivity index (χ1v) is 8.92. The maximum absolute atomic E-state index is 4.51. The van der Waals surface area contributed by atoms with Gasteiger partial charge < -0.3 is 15.1 Å². The molecule has 0 spiro atoms. The van der Waals surface area contributed by atoms with Crippen molar-refractivity contribution in [2.24, 2.45) is 16.8 Å². The van der Waals surface area contributed by atoms with Crippen molar-refractivity contribution < 1.29 is 0 Å². The van der Waals surface area contributed by atoms with E-state index in [1.807, 2.05) is 7.05 Å². The standard InChI is InChI=1S/C19H30N4.HI/c1-20-19(21-13-18-8-10-22(2)14-18)23-11-9-17(15-23)12-16-6-4-3-5-7-16;/h3-7,17-18H,8-15H2,1-2H3,(H,20,21);1H. The Morgan fingerprint density at radius 1 is 1.12 bits per heavy atom. The third-order valence-corrected chi connectivity index (χ3v) is 5.20. The summed E-state index contributed by atoms with van der Waals surface area (Å²) in [5.74, 6) is 2.60. The number of rotatable bonds is 4. The van der Waals surface area contributed by atoms with Crippen LogP contribution >= 0.6 is 24.0 Å². The second-order valence-electron chi connectivity index (χ2n) is 7.14. The van der Waals surface area contributed by atoms with Crippen molar-refractivity contribution in [3.05, 3.63) is 35.9 Å². The monoisotopic (exact) mass is 442 g/mol. The Balaban J connectivity index is 0.00000208. The molecule has 0 saturated carbocycles. The lowest BCUT2D eigenvalue weighted by atomic mass is 9.99. The van der Waals surface area contributed by atoms with E-state index in [0.717, 1.165) is 37.4 Å². The van der Waals surface area contributed by atoms with Gasteiger partial charge in [-0.3, -0.25) is 4.99 Å². The van der Waals surface area contributed by atoms with Crippen molar-refractivity contribution in [3.63, 3.8) is 0 Å². The van der Waals surface area contributed by atoms with Crippen LogP contribution < -0.4 is 5.32 Å². The smallest absolute Gasteiger partial charge is 0.193 e. The fourth-order valence-corrected chi connectivity index (χ4v) is 3.90. The molecule has 1 aromatic carbocycles. The molecular weight excluding hydrogens is 411 g/mol. The van der Waals surface area contributed by atoms with Crippen LogP contribution in [0.1, 0.15) is 18.4 Å². The van der Waals surface area contributed by atoms with Crippen LogP contribution in [0.25, 0.3) is 0 Å². The molecule has 0 radical (unpaired) electrons. The van der Waals surface area contributed by atoms with Gasteiger partial charge in [-0.1, -0.05) is 30.3 Å². The molecule has 24 heavy (non-hydrogen) atoms. The Labute approximate surface area is 163 Å². The topological polar surface area (TPSA) is 30.9 Å². The minimum absolute atomic E-state index is 0. The van der Waals surface area contributed by atoms with E-state index in [4.69, 9.17) is 0 Å². The first kappa shape index (κ1) is 19.5. The molecule has 0 aromatic heterocycles. The van der Waals surface area contributed by atoms with E-state index in [9.17, 15) is 0 Å². The molecule has 3 rings (SSSR count). The normalized spacial score (nSPS) is 24.9. The Kier molecular flexibility index (Phi) is 7.81. The van der Waals surface area contributed by atoms with Crippen LogP contribution in [0, 0.1) is 11.8 Å². The second kappa shape index (κ2) is 9.61. The van der Waals surface area contributed by atoms with Crippen LogP contribution in [-0.4, -0.2) is 62.6 Å². The molecule has 2 aliphatic heterocycles. The van der Waals surface area contributed by atoms with E-state index >= 15 is 0 Å². The third kappa shape index (κ3) is 5.34. The minimum atomic E-state index is 0. The summed E-state index contributed by atoms with van der Waals surface area (Å²) in [7, 11) is 4.12. The van der Waals surface area contributed by atoms with Crippen LogP contribution in [-0.2, 0) is 6.42 Å². The quantitative estimate of drug-likeness (QED) is 0.442. The first-order chi connectivity index (χ1) is 11.2. The average Bonchev–Trinajstić information content (AvgIpc) is 3.19. The number of guanidine groups is 1.